The standard InChI is InChI=1S/C23H26N2O4/c1-4-12-25-20(17-6-5-11-24-13-17)19(22(27)23(25)28)21(26)16-7-9-18(10-8-16)29-14-15(2)3/h5-11,13,15,20,26H,4,12,14H2,1-3H3/b21-19-. The van der Waals surface area contributed by atoms with E-state index >= 15 is 0 Å². The molecule has 1 aromatic carbocycles. The molecule has 1 fully saturated rings. The molecule has 2 aromatic rings. The Hall–Kier alpha value is -3.15. The fourth-order valence-corrected chi connectivity index (χ4v) is 3.36. The number of nitrogens with zero attached hydrogens (tertiary/aromatic N) is 2. The fourth-order valence-electron chi connectivity index (χ4n) is 3.36. The fraction of sp³-hybridized carbons (Fsp3) is 0.348. The number of likely N-dealkylation sites (tertiary alicyclic amines) is 1. The summed E-state index contributed by atoms with van der Waals surface area (Å²) < 4.78 is 5.67. The van der Waals surface area contributed by atoms with Crippen LogP contribution in [0.1, 0.15) is 44.4 Å². The summed E-state index contributed by atoms with van der Waals surface area (Å²) in [6.07, 6.45) is 3.95. The van der Waals surface area contributed by atoms with Crippen LogP contribution in [0.25, 0.3) is 5.76 Å². The van der Waals surface area contributed by atoms with E-state index in [0.29, 0.717) is 42.4 Å². The smallest absolute Gasteiger partial charge is 0.295 e. The van der Waals surface area contributed by atoms with Crippen molar-refractivity contribution in [3.8, 4) is 5.75 Å². The Balaban J connectivity index is 2.01. The van der Waals surface area contributed by atoms with Gasteiger partial charge in [0.05, 0.1) is 18.2 Å². The Morgan fingerprint density at radius 3 is 2.52 bits per heavy atom. The van der Waals surface area contributed by atoms with Crippen molar-refractivity contribution < 1.29 is 19.4 Å². The van der Waals surface area contributed by atoms with E-state index in [-0.39, 0.29) is 11.3 Å². The topological polar surface area (TPSA) is 79.7 Å². The number of Topliss-reactive ketones (excluding diaryl/α,β-unsaturated/α-hetero) is 1. The van der Waals surface area contributed by atoms with Crippen molar-refractivity contribution >= 4 is 17.4 Å². The van der Waals surface area contributed by atoms with Crippen molar-refractivity contribution in [2.45, 2.75) is 33.2 Å². The number of ether oxygens (including phenoxy) is 1. The molecular formula is C23H26N2O4. The molecule has 2 heterocycles. The normalized spacial score (nSPS) is 18.5. The van der Waals surface area contributed by atoms with Crippen LogP contribution in [0.4, 0.5) is 0 Å². The van der Waals surface area contributed by atoms with Crippen LogP contribution in [0.3, 0.4) is 0 Å². The summed E-state index contributed by atoms with van der Waals surface area (Å²) >= 11 is 0. The molecule has 1 amide bonds. The molecule has 1 aliphatic heterocycles. The molecule has 0 bridgehead atoms. The van der Waals surface area contributed by atoms with Crippen molar-refractivity contribution in [2.75, 3.05) is 13.2 Å². The molecule has 6 heteroatoms. The summed E-state index contributed by atoms with van der Waals surface area (Å²) in [6, 6.07) is 9.79. The Morgan fingerprint density at radius 2 is 1.93 bits per heavy atom. The van der Waals surface area contributed by atoms with Crippen LogP contribution in [-0.2, 0) is 9.59 Å². The molecule has 1 N–H and O–H groups in total. The molecule has 1 unspecified atom stereocenters. The molecule has 152 valence electrons. The van der Waals surface area contributed by atoms with Crippen LogP contribution < -0.4 is 4.74 Å². The van der Waals surface area contributed by atoms with E-state index in [9.17, 15) is 14.7 Å². The third kappa shape index (κ3) is 4.31. The summed E-state index contributed by atoms with van der Waals surface area (Å²) in [4.78, 5) is 31.0. The van der Waals surface area contributed by atoms with Gasteiger partial charge in [0.1, 0.15) is 11.5 Å². The number of aromatic nitrogens is 1. The second-order valence-corrected chi connectivity index (χ2v) is 7.51. The van der Waals surface area contributed by atoms with Crippen LogP contribution in [0.5, 0.6) is 5.75 Å². The van der Waals surface area contributed by atoms with E-state index in [0.717, 1.165) is 0 Å². The van der Waals surface area contributed by atoms with E-state index in [2.05, 4.69) is 18.8 Å². The van der Waals surface area contributed by atoms with E-state index in [1.54, 1.807) is 42.7 Å². The quantitative estimate of drug-likeness (QED) is 0.437. The highest BCUT2D eigenvalue weighted by molar-refractivity contribution is 6.46. The van der Waals surface area contributed by atoms with Gasteiger partial charge >= 0.3 is 0 Å². The van der Waals surface area contributed by atoms with Gasteiger partial charge in [0.2, 0.25) is 0 Å². The molecular weight excluding hydrogens is 368 g/mol. The molecule has 6 nitrogen and oxygen atoms in total. The summed E-state index contributed by atoms with van der Waals surface area (Å²) in [5.74, 6) is -0.377. The summed E-state index contributed by atoms with van der Waals surface area (Å²) in [5, 5.41) is 11.0. The van der Waals surface area contributed by atoms with Crippen molar-refractivity contribution in [2.24, 2.45) is 5.92 Å². The Morgan fingerprint density at radius 1 is 1.21 bits per heavy atom. The zero-order chi connectivity index (χ0) is 21.0. The minimum absolute atomic E-state index is 0.0901. The number of hydrogen-bond donors (Lipinski definition) is 1. The number of carbonyl (C=O) groups is 2. The first-order chi connectivity index (χ1) is 13.9. The van der Waals surface area contributed by atoms with Crippen molar-refractivity contribution in [3.05, 3.63) is 65.5 Å². The number of carbonyl (C=O) groups excluding carboxylic acids is 2. The molecule has 29 heavy (non-hydrogen) atoms. The maximum absolute atomic E-state index is 12.8. The van der Waals surface area contributed by atoms with Crippen LogP contribution in [0.2, 0.25) is 0 Å². The number of amides is 1. The van der Waals surface area contributed by atoms with E-state index in [1.807, 2.05) is 13.0 Å². The lowest BCUT2D eigenvalue weighted by molar-refractivity contribution is -0.139. The van der Waals surface area contributed by atoms with Crippen molar-refractivity contribution in [3.63, 3.8) is 0 Å². The second kappa shape index (κ2) is 8.90. The molecule has 3 rings (SSSR count). The average molecular weight is 394 g/mol. The van der Waals surface area contributed by atoms with Gasteiger partial charge in [-0.2, -0.15) is 0 Å². The zero-order valence-electron chi connectivity index (χ0n) is 17.0. The van der Waals surface area contributed by atoms with Crippen LogP contribution >= 0.6 is 0 Å². The monoisotopic (exact) mass is 394 g/mol. The first kappa shape index (κ1) is 20.6. The molecule has 0 radical (unpaired) electrons. The number of rotatable bonds is 7. The van der Waals surface area contributed by atoms with Gasteiger partial charge in [-0.25, -0.2) is 0 Å². The van der Waals surface area contributed by atoms with Gasteiger partial charge in [-0.3, -0.25) is 14.6 Å². The molecule has 1 aromatic heterocycles. The summed E-state index contributed by atoms with van der Waals surface area (Å²) in [7, 11) is 0. The highest BCUT2D eigenvalue weighted by Crippen LogP contribution is 2.39. The number of aliphatic hydroxyl groups is 1. The molecule has 0 aliphatic carbocycles. The second-order valence-electron chi connectivity index (χ2n) is 7.51. The van der Waals surface area contributed by atoms with E-state index in [4.69, 9.17) is 4.74 Å². The van der Waals surface area contributed by atoms with Gasteiger partial charge < -0.3 is 14.7 Å². The van der Waals surface area contributed by atoms with Gasteiger partial charge in [-0.15, -0.1) is 0 Å². The number of ketones is 1. The SMILES string of the molecule is CCCN1C(=O)C(=O)/C(=C(\O)c2ccc(OCC(C)C)cc2)C1c1cccnc1. The minimum atomic E-state index is -0.676. The first-order valence-corrected chi connectivity index (χ1v) is 9.85. The predicted octanol–water partition coefficient (Wildman–Crippen LogP) is 3.95. The number of hydrogen-bond acceptors (Lipinski definition) is 5. The highest BCUT2D eigenvalue weighted by atomic mass is 16.5. The molecule has 0 saturated carbocycles. The lowest BCUT2D eigenvalue weighted by Crippen LogP contribution is -2.30. The van der Waals surface area contributed by atoms with Crippen molar-refractivity contribution in [1.82, 2.24) is 9.88 Å². The molecule has 1 atom stereocenters. The molecule has 0 spiro atoms. The van der Waals surface area contributed by atoms with Gasteiger partial charge in [-0.05, 0) is 48.2 Å². The Labute approximate surface area is 170 Å². The Bertz CT molecular complexity index is 904. The van der Waals surface area contributed by atoms with Gasteiger partial charge in [0.25, 0.3) is 11.7 Å². The summed E-state index contributed by atoms with van der Waals surface area (Å²) in [6.45, 7) is 7.08. The zero-order valence-corrected chi connectivity index (χ0v) is 17.0. The lowest BCUT2D eigenvalue weighted by atomic mass is 9.96. The van der Waals surface area contributed by atoms with Crippen LogP contribution in [0, 0.1) is 5.92 Å². The first-order valence-electron chi connectivity index (χ1n) is 9.85. The number of pyridine rings is 1. The highest BCUT2D eigenvalue weighted by Gasteiger charge is 2.45. The van der Waals surface area contributed by atoms with E-state index in [1.165, 1.54) is 4.90 Å². The largest absolute Gasteiger partial charge is 0.507 e. The summed E-state index contributed by atoms with van der Waals surface area (Å²) in [5.41, 5.74) is 1.25. The lowest BCUT2D eigenvalue weighted by Gasteiger charge is -2.24. The average Bonchev–Trinajstić information content (AvgIpc) is 2.98. The Kier molecular flexibility index (Phi) is 6.32. The predicted molar refractivity (Wildman–Crippen MR) is 110 cm³/mol. The maximum Gasteiger partial charge on any atom is 0.295 e. The minimum Gasteiger partial charge on any atom is -0.507 e. The van der Waals surface area contributed by atoms with Crippen LogP contribution in [0.15, 0.2) is 54.4 Å². The third-order valence-corrected chi connectivity index (χ3v) is 4.72. The van der Waals surface area contributed by atoms with E-state index < -0.39 is 17.7 Å². The van der Waals surface area contributed by atoms with Gasteiger partial charge in [-0.1, -0.05) is 26.8 Å². The maximum atomic E-state index is 12.8. The third-order valence-electron chi connectivity index (χ3n) is 4.72. The number of aliphatic hydroxyl groups excluding tert-OH is 1. The molecule has 1 saturated heterocycles. The molecule has 1 aliphatic rings. The number of benzene rings is 1. The van der Waals surface area contributed by atoms with Crippen LogP contribution in [-0.4, -0.2) is 39.8 Å². The van der Waals surface area contributed by atoms with Gasteiger partial charge in [0, 0.05) is 24.5 Å². The van der Waals surface area contributed by atoms with Gasteiger partial charge in [0.15, 0.2) is 0 Å². The van der Waals surface area contributed by atoms with Crippen molar-refractivity contribution in [1.29, 1.82) is 0 Å².